The lowest BCUT2D eigenvalue weighted by Crippen LogP contribution is -2.34. The van der Waals surface area contributed by atoms with Gasteiger partial charge in [0.15, 0.2) is 0 Å². The quantitative estimate of drug-likeness (QED) is 0.905. The fourth-order valence-corrected chi connectivity index (χ4v) is 3.91. The Labute approximate surface area is 148 Å². The van der Waals surface area contributed by atoms with Crippen LogP contribution in [-0.4, -0.2) is 23.6 Å². The molecule has 0 aliphatic carbocycles. The molecule has 1 atom stereocenters. The number of fused-ring (bicyclic) bond motifs is 3. The second-order valence-electron chi connectivity index (χ2n) is 7.04. The molecular formula is C21H24N2O2. The molecule has 2 heterocycles. The number of hydrogen-bond donors (Lipinski definition) is 1. The highest BCUT2D eigenvalue weighted by Gasteiger charge is 2.22. The van der Waals surface area contributed by atoms with Crippen LogP contribution < -0.4 is 5.73 Å². The van der Waals surface area contributed by atoms with E-state index in [1.54, 1.807) is 4.90 Å². The van der Waals surface area contributed by atoms with Crippen LogP contribution in [0.3, 0.4) is 0 Å². The van der Waals surface area contributed by atoms with Gasteiger partial charge >= 0.3 is 6.03 Å². The molecule has 1 fully saturated rings. The maximum Gasteiger partial charge on any atom is 0.315 e. The van der Waals surface area contributed by atoms with Crippen molar-refractivity contribution < 1.29 is 9.53 Å². The molecule has 1 unspecified atom stereocenters. The highest BCUT2D eigenvalue weighted by Crippen LogP contribution is 2.33. The molecule has 2 aliphatic heterocycles. The third-order valence-electron chi connectivity index (χ3n) is 5.25. The molecule has 2 aliphatic rings. The molecule has 2 aromatic carbocycles. The predicted molar refractivity (Wildman–Crippen MR) is 98.0 cm³/mol. The van der Waals surface area contributed by atoms with E-state index in [0.29, 0.717) is 19.2 Å². The lowest BCUT2D eigenvalue weighted by Gasteiger charge is -2.23. The number of carbonyl (C=O) groups is 1. The Morgan fingerprint density at radius 2 is 1.88 bits per heavy atom. The maximum absolute atomic E-state index is 11.8. The van der Waals surface area contributed by atoms with Gasteiger partial charge in [0.2, 0.25) is 0 Å². The highest BCUT2D eigenvalue weighted by molar-refractivity contribution is 5.77. The number of ether oxygens (including phenoxy) is 1. The topological polar surface area (TPSA) is 55.6 Å². The van der Waals surface area contributed by atoms with Crippen LogP contribution in [0.1, 0.15) is 36.0 Å². The van der Waals surface area contributed by atoms with Crippen molar-refractivity contribution in [3.8, 4) is 11.1 Å². The van der Waals surface area contributed by atoms with Crippen LogP contribution in [0.2, 0.25) is 0 Å². The van der Waals surface area contributed by atoms with Gasteiger partial charge in [-0.25, -0.2) is 4.79 Å². The maximum atomic E-state index is 11.8. The molecule has 130 valence electrons. The molecule has 1 saturated heterocycles. The van der Waals surface area contributed by atoms with Gasteiger partial charge in [-0.1, -0.05) is 42.5 Å². The summed E-state index contributed by atoms with van der Waals surface area (Å²) in [7, 11) is 0. The van der Waals surface area contributed by atoms with E-state index < -0.39 is 0 Å². The van der Waals surface area contributed by atoms with E-state index in [1.807, 2.05) is 6.07 Å². The number of carbonyl (C=O) groups excluding carboxylic acids is 1. The summed E-state index contributed by atoms with van der Waals surface area (Å²) in [6, 6.07) is 14.5. The molecule has 0 aromatic heterocycles. The largest absolute Gasteiger partial charge is 0.378 e. The van der Waals surface area contributed by atoms with Crippen LogP contribution in [0.15, 0.2) is 42.5 Å². The summed E-state index contributed by atoms with van der Waals surface area (Å²) in [5.41, 5.74) is 11.6. The lowest BCUT2D eigenvalue weighted by atomic mass is 9.92. The fraction of sp³-hybridized carbons (Fsp3) is 0.381. The summed E-state index contributed by atoms with van der Waals surface area (Å²) >= 11 is 0. The van der Waals surface area contributed by atoms with Crippen molar-refractivity contribution in [2.24, 2.45) is 5.73 Å². The van der Waals surface area contributed by atoms with E-state index in [0.717, 1.165) is 30.6 Å². The first-order chi connectivity index (χ1) is 12.2. The smallest absolute Gasteiger partial charge is 0.315 e. The summed E-state index contributed by atoms with van der Waals surface area (Å²) < 4.78 is 5.90. The number of urea groups is 1. The van der Waals surface area contributed by atoms with Crippen LogP contribution in [0.25, 0.3) is 11.1 Å². The van der Waals surface area contributed by atoms with Crippen molar-refractivity contribution in [2.45, 2.75) is 44.9 Å². The second-order valence-corrected chi connectivity index (χ2v) is 7.04. The molecule has 2 N–H and O–H groups in total. The van der Waals surface area contributed by atoms with Gasteiger partial charge in [-0.3, -0.25) is 0 Å². The second kappa shape index (κ2) is 6.89. The SMILES string of the molecule is NC(=O)N1Cc2ccccc2-c2cc(CC3CCCCO3)ccc2C1. The van der Waals surface area contributed by atoms with Crippen molar-refractivity contribution >= 4 is 6.03 Å². The minimum absolute atomic E-state index is 0.329. The van der Waals surface area contributed by atoms with E-state index in [4.69, 9.17) is 10.5 Å². The standard InChI is InChI=1S/C21H24N2O2/c22-21(24)23-13-16-5-1-2-7-19(16)20-12-15(8-9-17(20)14-23)11-18-6-3-4-10-25-18/h1-2,5,7-9,12,18H,3-4,6,10-11,13-14H2,(H2,22,24). The zero-order valence-corrected chi connectivity index (χ0v) is 14.4. The van der Waals surface area contributed by atoms with Crippen LogP contribution >= 0.6 is 0 Å². The zero-order chi connectivity index (χ0) is 17.2. The van der Waals surface area contributed by atoms with Gasteiger partial charge in [0.25, 0.3) is 0 Å². The van der Waals surface area contributed by atoms with Gasteiger partial charge < -0.3 is 15.4 Å². The molecular weight excluding hydrogens is 312 g/mol. The molecule has 0 bridgehead atoms. The van der Waals surface area contributed by atoms with Crippen molar-refractivity contribution in [1.29, 1.82) is 0 Å². The van der Waals surface area contributed by atoms with E-state index in [9.17, 15) is 4.79 Å². The average Bonchev–Trinajstić information content (AvgIpc) is 2.79. The molecule has 0 radical (unpaired) electrons. The van der Waals surface area contributed by atoms with Gasteiger partial charge in [0.05, 0.1) is 6.10 Å². The summed E-state index contributed by atoms with van der Waals surface area (Å²) in [5.74, 6) is 0. The number of benzene rings is 2. The van der Waals surface area contributed by atoms with Gasteiger partial charge in [-0.15, -0.1) is 0 Å². The molecule has 2 amide bonds. The minimum Gasteiger partial charge on any atom is -0.378 e. The number of amides is 2. The summed E-state index contributed by atoms with van der Waals surface area (Å²) in [5, 5.41) is 0. The average molecular weight is 336 g/mol. The number of primary amides is 1. The highest BCUT2D eigenvalue weighted by atomic mass is 16.5. The summed E-state index contributed by atoms with van der Waals surface area (Å²) in [6.45, 7) is 1.99. The zero-order valence-electron chi connectivity index (χ0n) is 14.4. The number of nitrogens with zero attached hydrogens (tertiary/aromatic N) is 1. The van der Waals surface area contributed by atoms with Gasteiger partial charge in [0.1, 0.15) is 0 Å². The van der Waals surface area contributed by atoms with Crippen molar-refractivity contribution in [2.75, 3.05) is 6.61 Å². The Bertz CT molecular complexity index is 781. The van der Waals surface area contributed by atoms with E-state index >= 15 is 0 Å². The predicted octanol–water partition coefficient (Wildman–Crippen LogP) is 3.86. The number of nitrogens with two attached hydrogens (primary N) is 1. The summed E-state index contributed by atoms with van der Waals surface area (Å²) in [4.78, 5) is 13.5. The molecule has 0 spiro atoms. The lowest BCUT2D eigenvalue weighted by molar-refractivity contribution is 0.0168. The van der Waals surface area contributed by atoms with Gasteiger partial charge in [-0.2, -0.15) is 0 Å². The van der Waals surface area contributed by atoms with E-state index in [-0.39, 0.29) is 6.03 Å². The Balaban J connectivity index is 1.70. The monoisotopic (exact) mass is 336 g/mol. The molecule has 2 aromatic rings. The normalized spacial score (nSPS) is 19.7. The molecule has 4 rings (SSSR count). The van der Waals surface area contributed by atoms with Crippen molar-refractivity contribution in [3.05, 3.63) is 59.2 Å². The summed E-state index contributed by atoms with van der Waals surface area (Å²) in [6.07, 6.45) is 4.86. The number of hydrogen-bond acceptors (Lipinski definition) is 2. The van der Waals surface area contributed by atoms with Crippen LogP contribution in [0.4, 0.5) is 4.79 Å². The van der Waals surface area contributed by atoms with Crippen LogP contribution in [0, 0.1) is 0 Å². The third kappa shape index (κ3) is 3.40. The Hall–Kier alpha value is -2.33. The first-order valence-electron chi connectivity index (χ1n) is 9.07. The van der Waals surface area contributed by atoms with Gasteiger partial charge in [0, 0.05) is 19.7 Å². The van der Waals surface area contributed by atoms with E-state index in [1.165, 1.54) is 29.5 Å². The van der Waals surface area contributed by atoms with Crippen LogP contribution in [-0.2, 0) is 24.2 Å². The third-order valence-corrected chi connectivity index (χ3v) is 5.25. The molecule has 4 heteroatoms. The van der Waals surface area contributed by atoms with Gasteiger partial charge in [-0.05, 0) is 53.5 Å². The molecule has 4 nitrogen and oxygen atoms in total. The first-order valence-corrected chi connectivity index (χ1v) is 9.07. The Morgan fingerprint density at radius 3 is 2.64 bits per heavy atom. The van der Waals surface area contributed by atoms with Crippen LogP contribution in [0.5, 0.6) is 0 Å². The van der Waals surface area contributed by atoms with Crippen molar-refractivity contribution in [3.63, 3.8) is 0 Å². The Morgan fingerprint density at radius 1 is 1.08 bits per heavy atom. The molecule has 25 heavy (non-hydrogen) atoms. The minimum atomic E-state index is -0.373. The fourth-order valence-electron chi connectivity index (χ4n) is 3.91. The Kier molecular flexibility index (Phi) is 4.45. The molecule has 0 saturated carbocycles. The number of rotatable bonds is 2. The first kappa shape index (κ1) is 16.2. The van der Waals surface area contributed by atoms with Crippen molar-refractivity contribution in [1.82, 2.24) is 4.90 Å². The van der Waals surface area contributed by atoms with E-state index in [2.05, 4.69) is 36.4 Å².